The van der Waals surface area contributed by atoms with Crippen LogP contribution in [0.3, 0.4) is 0 Å². The second-order valence-corrected chi connectivity index (χ2v) is 8.84. The van der Waals surface area contributed by atoms with Gasteiger partial charge >= 0.3 is 0 Å². The zero-order valence-corrected chi connectivity index (χ0v) is 16.9. The van der Waals surface area contributed by atoms with Crippen LogP contribution in [0.2, 0.25) is 0 Å². The molecule has 1 heterocycles. The van der Waals surface area contributed by atoms with Crippen molar-refractivity contribution >= 4 is 17.7 Å². The molecular weight excluding hydrogens is 376 g/mol. The minimum Gasteiger partial charge on any atom is -0.350 e. The van der Waals surface area contributed by atoms with Crippen molar-refractivity contribution in [2.75, 3.05) is 0 Å². The van der Waals surface area contributed by atoms with Crippen molar-refractivity contribution in [3.05, 3.63) is 71.8 Å². The molecule has 1 saturated heterocycles. The first kappa shape index (κ1) is 19.0. The summed E-state index contributed by atoms with van der Waals surface area (Å²) in [6, 6.07) is 18.5. The number of nitrogens with zero attached hydrogens (tertiary/aromatic N) is 1. The predicted octanol–water partition coefficient (Wildman–Crippen LogP) is 2.95. The van der Waals surface area contributed by atoms with Crippen molar-refractivity contribution in [1.29, 1.82) is 0 Å². The number of amides is 3. The fourth-order valence-electron chi connectivity index (χ4n) is 5.78. The third-order valence-electron chi connectivity index (χ3n) is 7.16. The molecular formula is C25H26N2O3. The molecule has 5 heteroatoms. The number of hydrogen-bond donors (Lipinski definition) is 1. The average Bonchev–Trinajstić information content (AvgIpc) is 3.46. The minimum atomic E-state index is -0.805. The predicted molar refractivity (Wildman–Crippen MR) is 112 cm³/mol. The Kier molecular flexibility index (Phi) is 4.89. The lowest BCUT2D eigenvalue weighted by Gasteiger charge is -2.27. The fraction of sp³-hybridized carbons (Fsp3) is 0.400. The lowest BCUT2D eigenvalue weighted by molar-refractivity contribution is -0.148. The summed E-state index contributed by atoms with van der Waals surface area (Å²) in [7, 11) is 0. The fourth-order valence-corrected chi connectivity index (χ4v) is 5.78. The number of fused-ring (bicyclic) bond motifs is 5. The van der Waals surface area contributed by atoms with E-state index in [0.717, 1.165) is 30.4 Å². The molecule has 2 bridgehead atoms. The maximum atomic E-state index is 13.3. The Labute approximate surface area is 176 Å². The van der Waals surface area contributed by atoms with Gasteiger partial charge in [0.2, 0.25) is 17.7 Å². The topological polar surface area (TPSA) is 66.5 Å². The molecule has 154 valence electrons. The van der Waals surface area contributed by atoms with Crippen LogP contribution in [0.25, 0.3) is 0 Å². The van der Waals surface area contributed by atoms with Crippen molar-refractivity contribution in [2.45, 2.75) is 38.3 Å². The molecule has 3 amide bonds. The van der Waals surface area contributed by atoms with Crippen LogP contribution in [0.1, 0.15) is 30.4 Å². The quantitative estimate of drug-likeness (QED) is 0.756. The van der Waals surface area contributed by atoms with Crippen LogP contribution in [-0.4, -0.2) is 28.7 Å². The van der Waals surface area contributed by atoms with Gasteiger partial charge in [-0.25, -0.2) is 0 Å². The van der Waals surface area contributed by atoms with Crippen LogP contribution in [-0.2, 0) is 27.3 Å². The van der Waals surface area contributed by atoms with Gasteiger partial charge in [-0.05, 0) is 42.2 Å². The molecule has 0 radical (unpaired) electrons. The average molecular weight is 402 g/mol. The molecule has 2 saturated carbocycles. The Morgan fingerprint density at radius 1 is 0.867 bits per heavy atom. The first-order chi connectivity index (χ1) is 14.6. The van der Waals surface area contributed by atoms with E-state index in [4.69, 9.17) is 0 Å². The number of hydrogen-bond acceptors (Lipinski definition) is 3. The largest absolute Gasteiger partial charge is 0.350 e. The van der Waals surface area contributed by atoms with Crippen molar-refractivity contribution in [3.63, 3.8) is 0 Å². The van der Waals surface area contributed by atoms with Crippen LogP contribution in [0, 0.1) is 23.7 Å². The van der Waals surface area contributed by atoms with Crippen molar-refractivity contribution < 1.29 is 14.4 Å². The number of carbonyl (C=O) groups excluding carboxylic acids is 3. The number of nitrogens with one attached hydrogen (secondary N) is 1. The van der Waals surface area contributed by atoms with E-state index in [1.807, 2.05) is 60.7 Å². The van der Waals surface area contributed by atoms with Gasteiger partial charge in [0.1, 0.15) is 6.04 Å². The number of likely N-dealkylation sites (tertiary alicyclic amines) is 1. The smallest absolute Gasteiger partial charge is 0.243 e. The molecule has 0 unspecified atom stereocenters. The monoisotopic (exact) mass is 402 g/mol. The van der Waals surface area contributed by atoms with Gasteiger partial charge in [-0.1, -0.05) is 60.7 Å². The van der Waals surface area contributed by atoms with Gasteiger partial charge < -0.3 is 5.32 Å². The Bertz CT molecular complexity index is 931. The third-order valence-corrected chi connectivity index (χ3v) is 7.16. The standard InChI is InChI=1S/C25H26N2O3/c28-23(26-15-17-9-5-2-6-10-17)20(13-16-7-3-1-4-8-16)27-24(29)21-18-11-12-19(14-18)22(21)25(27)30/h1-10,18-22H,11-15H2,(H,26,28)/t18-,19+,20-,21-,22+/m0/s1. The maximum absolute atomic E-state index is 13.3. The summed E-state index contributed by atoms with van der Waals surface area (Å²) in [5.74, 6) is -0.331. The van der Waals surface area contributed by atoms with E-state index < -0.39 is 6.04 Å². The van der Waals surface area contributed by atoms with Crippen LogP contribution < -0.4 is 5.32 Å². The summed E-state index contributed by atoms with van der Waals surface area (Å²) >= 11 is 0. The molecule has 0 aromatic heterocycles. The molecule has 2 aromatic rings. The molecule has 3 fully saturated rings. The summed E-state index contributed by atoms with van der Waals surface area (Å²) in [5.41, 5.74) is 1.93. The second-order valence-electron chi connectivity index (χ2n) is 8.84. The second kappa shape index (κ2) is 7.71. The molecule has 2 aliphatic carbocycles. The van der Waals surface area contributed by atoms with Gasteiger partial charge in [0, 0.05) is 13.0 Å². The van der Waals surface area contributed by atoms with Gasteiger partial charge in [-0.15, -0.1) is 0 Å². The number of imide groups is 1. The molecule has 5 atom stereocenters. The SMILES string of the molecule is O=C(NCc1ccccc1)[C@H](Cc1ccccc1)N1C(=O)[C@@H]2[C@@H]3CC[C@@H](C3)[C@@H]2C1=O. The Morgan fingerprint density at radius 2 is 1.40 bits per heavy atom. The van der Waals surface area contributed by atoms with Gasteiger partial charge in [0.15, 0.2) is 0 Å². The highest BCUT2D eigenvalue weighted by Gasteiger charge is 2.62. The van der Waals surface area contributed by atoms with Crippen LogP contribution in [0.15, 0.2) is 60.7 Å². The van der Waals surface area contributed by atoms with E-state index >= 15 is 0 Å². The highest BCUT2D eigenvalue weighted by atomic mass is 16.2. The van der Waals surface area contributed by atoms with Crippen LogP contribution >= 0.6 is 0 Å². The van der Waals surface area contributed by atoms with Crippen LogP contribution in [0.4, 0.5) is 0 Å². The lowest BCUT2D eigenvalue weighted by atomic mass is 9.81. The Balaban J connectivity index is 1.40. The highest BCUT2D eigenvalue weighted by Crippen LogP contribution is 2.56. The van der Waals surface area contributed by atoms with Crippen LogP contribution in [0.5, 0.6) is 0 Å². The van der Waals surface area contributed by atoms with Crippen molar-refractivity contribution in [2.24, 2.45) is 23.7 Å². The number of carbonyl (C=O) groups is 3. The van der Waals surface area contributed by atoms with Gasteiger partial charge in [-0.2, -0.15) is 0 Å². The summed E-state index contributed by atoms with van der Waals surface area (Å²) in [4.78, 5) is 41.2. The van der Waals surface area contributed by atoms with Crippen molar-refractivity contribution in [1.82, 2.24) is 10.2 Å². The van der Waals surface area contributed by atoms with E-state index in [-0.39, 0.29) is 29.6 Å². The zero-order chi connectivity index (χ0) is 20.7. The maximum Gasteiger partial charge on any atom is 0.243 e. The van der Waals surface area contributed by atoms with E-state index in [1.54, 1.807) is 0 Å². The van der Waals surface area contributed by atoms with Crippen molar-refractivity contribution in [3.8, 4) is 0 Å². The molecule has 0 spiro atoms. The molecule has 3 aliphatic rings. The minimum absolute atomic E-state index is 0.131. The molecule has 1 aliphatic heterocycles. The van der Waals surface area contributed by atoms with E-state index in [9.17, 15) is 14.4 Å². The van der Waals surface area contributed by atoms with E-state index in [1.165, 1.54) is 4.90 Å². The molecule has 30 heavy (non-hydrogen) atoms. The number of rotatable bonds is 6. The molecule has 5 nitrogen and oxygen atoms in total. The molecule has 5 rings (SSSR count). The highest BCUT2D eigenvalue weighted by molar-refractivity contribution is 6.09. The zero-order valence-electron chi connectivity index (χ0n) is 16.9. The Hall–Kier alpha value is -2.95. The third kappa shape index (κ3) is 3.22. The summed E-state index contributed by atoms with van der Waals surface area (Å²) in [5, 5.41) is 2.96. The summed E-state index contributed by atoms with van der Waals surface area (Å²) in [6.45, 7) is 0.374. The van der Waals surface area contributed by atoms with Gasteiger partial charge in [0.25, 0.3) is 0 Å². The van der Waals surface area contributed by atoms with Gasteiger partial charge in [0.05, 0.1) is 11.8 Å². The van der Waals surface area contributed by atoms with Gasteiger partial charge in [-0.3, -0.25) is 19.3 Å². The summed E-state index contributed by atoms with van der Waals surface area (Å²) < 4.78 is 0. The number of benzene rings is 2. The normalized spacial score (nSPS) is 27.9. The van der Waals surface area contributed by atoms with E-state index in [2.05, 4.69) is 5.32 Å². The first-order valence-electron chi connectivity index (χ1n) is 10.9. The first-order valence-corrected chi connectivity index (χ1v) is 10.9. The molecule has 2 aromatic carbocycles. The molecule has 1 N–H and O–H groups in total. The lowest BCUT2D eigenvalue weighted by Crippen LogP contribution is -2.51. The Morgan fingerprint density at radius 3 is 1.97 bits per heavy atom. The van der Waals surface area contributed by atoms with E-state index in [0.29, 0.717) is 24.8 Å². The summed E-state index contributed by atoms with van der Waals surface area (Å²) in [6.07, 6.45) is 3.39.